The molecule has 4 rings (SSSR count). The van der Waals surface area contributed by atoms with Gasteiger partial charge < -0.3 is 0 Å². The minimum absolute atomic E-state index is 0.0357. The van der Waals surface area contributed by atoms with E-state index in [9.17, 15) is 9.59 Å². The number of nitrogens with zero attached hydrogens (tertiary/aromatic N) is 2. The first-order valence-electron chi connectivity index (χ1n) is 6.93. The van der Waals surface area contributed by atoms with Crippen LogP contribution in [0, 0.1) is 0 Å². The Morgan fingerprint density at radius 3 is 2.91 bits per heavy atom. The van der Waals surface area contributed by atoms with Crippen LogP contribution in [0.5, 0.6) is 0 Å². The summed E-state index contributed by atoms with van der Waals surface area (Å²) in [6.07, 6.45) is 2.04. The molecule has 0 spiro atoms. The molecule has 3 heterocycles. The van der Waals surface area contributed by atoms with E-state index in [1.54, 1.807) is 4.57 Å². The highest BCUT2D eigenvalue weighted by Crippen LogP contribution is 2.37. The molecule has 0 amide bonds. The van der Waals surface area contributed by atoms with Gasteiger partial charge in [-0.3, -0.25) is 14.2 Å². The van der Waals surface area contributed by atoms with Gasteiger partial charge in [0.1, 0.15) is 4.70 Å². The summed E-state index contributed by atoms with van der Waals surface area (Å²) >= 11 is 4.25. The molecule has 22 heavy (non-hydrogen) atoms. The minimum atomic E-state index is 0.0357. The molecule has 3 aromatic rings. The molecule has 0 unspecified atom stereocenters. The molecule has 1 aliphatic rings. The second-order valence-corrected chi connectivity index (χ2v) is 7.93. The molecule has 0 bridgehead atoms. The fraction of sp³-hybridized carbons (Fsp3) is 0.267. The Balaban J connectivity index is 1.67. The first kappa shape index (κ1) is 14.2. The maximum Gasteiger partial charge on any atom is 0.272 e. The van der Waals surface area contributed by atoms with Gasteiger partial charge >= 0.3 is 0 Å². The van der Waals surface area contributed by atoms with Crippen LogP contribution < -0.4 is 5.56 Å². The maximum atomic E-state index is 12.6. The number of thiophene rings is 2. The summed E-state index contributed by atoms with van der Waals surface area (Å²) in [6.45, 7) is 0. The summed E-state index contributed by atoms with van der Waals surface area (Å²) in [5.41, 5.74) is 0.770. The Morgan fingerprint density at radius 1 is 1.32 bits per heavy atom. The van der Waals surface area contributed by atoms with Crippen molar-refractivity contribution in [3.05, 3.63) is 44.2 Å². The maximum absolute atomic E-state index is 12.6. The molecule has 1 aliphatic carbocycles. The van der Waals surface area contributed by atoms with Crippen LogP contribution in [0.15, 0.2) is 38.9 Å². The Morgan fingerprint density at radius 2 is 2.18 bits per heavy atom. The van der Waals surface area contributed by atoms with Gasteiger partial charge in [0.15, 0.2) is 10.9 Å². The van der Waals surface area contributed by atoms with Crippen LogP contribution >= 0.6 is 34.4 Å². The van der Waals surface area contributed by atoms with E-state index in [4.69, 9.17) is 0 Å². The third-order valence-electron chi connectivity index (χ3n) is 3.52. The summed E-state index contributed by atoms with van der Waals surface area (Å²) in [5.74, 6) is 0.400. The van der Waals surface area contributed by atoms with Crippen molar-refractivity contribution in [2.45, 2.75) is 24.0 Å². The van der Waals surface area contributed by atoms with E-state index < -0.39 is 0 Å². The zero-order chi connectivity index (χ0) is 15.1. The molecule has 0 aromatic carbocycles. The lowest BCUT2D eigenvalue weighted by Gasteiger charge is -2.10. The van der Waals surface area contributed by atoms with Crippen molar-refractivity contribution in [2.24, 2.45) is 0 Å². The number of rotatable bonds is 5. The largest absolute Gasteiger partial charge is 0.292 e. The van der Waals surface area contributed by atoms with Crippen LogP contribution in [-0.4, -0.2) is 21.1 Å². The second-order valence-electron chi connectivity index (χ2n) is 5.12. The molecule has 112 valence electrons. The Hall–Kier alpha value is -1.44. The lowest BCUT2D eigenvalue weighted by atomic mass is 10.4. The molecule has 0 radical (unpaired) electrons. The molecule has 0 aliphatic heterocycles. The van der Waals surface area contributed by atoms with Crippen molar-refractivity contribution < 1.29 is 4.79 Å². The molecule has 1 fully saturated rings. The highest BCUT2D eigenvalue weighted by Gasteiger charge is 2.29. The predicted octanol–water partition coefficient (Wildman–Crippen LogP) is 3.83. The molecule has 0 atom stereocenters. The van der Waals surface area contributed by atoms with Crippen LogP contribution in [0.4, 0.5) is 0 Å². The fourth-order valence-electron chi connectivity index (χ4n) is 2.30. The smallest absolute Gasteiger partial charge is 0.272 e. The number of carbonyl (C=O) groups is 1. The van der Waals surface area contributed by atoms with Crippen molar-refractivity contribution in [2.75, 3.05) is 5.75 Å². The summed E-state index contributed by atoms with van der Waals surface area (Å²) in [5, 5.41) is 4.46. The summed E-state index contributed by atoms with van der Waals surface area (Å²) in [4.78, 5) is 30.1. The van der Waals surface area contributed by atoms with Crippen LogP contribution in [0.3, 0.4) is 0 Å². The SMILES string of the molecule is O=C(CSc1nc2ccsc2c(=O)n1C1CC1)c1cccs1. The molecule has 0 N–H and O–H groups in total. The standard InChI is InChI=1S/C15H12N2O2S3/c18-11(12-2-1-6-20-12)8-22-15-16-10-5-7-21-13(10)14(19)17(15)9-3-4-9/h1-2,5-7,9H,3-4,8H2. The van der Waals surface area contributed by atoms with Crippen molar-refractivity contribution in [3.8, 4) is 0 Å². The normalized spacial score (nSPS) is 14.5. The molecule has 4 nitrogen and oxygen atoms in total. The van der Waals surface area contributed by atoms with Gasteiger partial charge in [0.25, 0.3) is 5.56 Å². The quantitative estimate of drug-likeness (QED) is 0.399. The Labute approximate surface area is 138 Å². The van der Waals surface area contributed by atoms with E-state index in [-0.39, 0.29) is 17.4 Å². The van der Waals surface area contributed by atoms with Gasteiger partial charge in [-0.15, -0.1) is 22.7 Å². The van der Waals surface area contributed by atoms with Crippen LogP contribution in [0.2, 0.25) is 0 Å². The van der Waals surface area contributed by atoms with Crippen molar-refractivity contribution in [3.63, 3.8) is 0 Å². The van der Waals surface area contributed by atoms with Gasteiger partial charge in [-0.25, -0.2) is 4.98 Å². The summed E-state index contributed by atoms with van der Waals surface area (Å²) in [7, 11) is 0. The van der Waals surface area contributed by atoms with Crippen LogP contribution in [0.25, 0.3) is 10.2 Å². The number of hydrogen-bond acceptors (Lipinski definition) is 6. The molecule has 0 saturated heterocycles. The van der Waals surface area contributed by atoms with Gasteiger partial charge in [-0.05, 0) is 35.7 Å². The minimum Gasteiger partial charge on any atom is -0.292 e. The second kappa shape index (κ2) is 5.64. The lowest BCUT2D eigenvalue weighted by molar-refractivity contribution is 0.102. The molecule has 1 saturated carbocycles. The van der Waals surface area contributed by atoms with Crippen LogP contribution in [0.1, 0.15) is 28.6 Å². The van der Waals surface area contributed by atoms with E-state index in [0.29, 0.717) is 15.6 Å². The number of thioether (sulfide) groups is 1. The third kappa shape index (κ3) is 2.53. The lowest BCUT2D eigenvalue weighted by Crippen LogP contribution is -2.22. The topological polar surface area (TPSA) is 52.0 Å². The number of carbonyl (C=O) groups excluding carboxylic acids is 1. The average Bonchev–Trinajstić information content (AvgIpc) is 3.03. The highest BCUT2D eigenvalue weighted by molar-refractivity contribution is 7.99. The van der Waals surface area contributed by atoms with Crippen molar-refractivity contribution in [1.82, 2.24) is 9.55 Å². The van der Waals surface area contributed by atoms with Gasteiger partial charge in [-0.1, -0.05) is 17.8 Å². The van der Waals surface area contributed by atoms with E-state index in [1.165, 1.54) is 34.4 Å². The predicted molar refractivity (Wildman–Crippen MR) is 91.5 cm³/mol. The molecule has 7 heteroatoms. The molecular formula is C15H12N2O2S3. The fourth-order valence-corrected chi connectivity index (χ4v) is 4.77. The first-order valence-corrected chi connectivity index (χ1v) is 9.68. The van der Waals surface area contributed by atoms with Gasteiger partial charge in [0, 0.05) is 6.04 Å². The third-order valence-corrected chi connectivity index (χ3v) is 6.28. The Bertz CT molecular complexity index is 891. The number of hydrogen-bond donors (Lipinski definition) is 0. The number of ketones is 1. The van der Waals surface area contributed by atoms with E-state index in [2.05, 4.69) is 4.98 Å². The zero-order valence-corrected chi connectivity index (χ0v) is 14.0. The van der Waals surface area contributed by atoms with Gasteiger partial charge in [0.05, 0.1) is 16.1 Å². The van der Waals surface area contributed by atoms with Gasteiger partial charge in [-0.2, -0.15) is 0 Å². The van der Waals surface area contributed by atoms with Crippen LogP contribution in [-0.2, 0) is 0 Å². The van der Waals surface area contributed by atoms with E-state index in [1.807, 2.05) is 29.0 Å². The van der Waals surface area contributed by atoms with Gasteiger partial charge in [0.2, 0.25) is 0 Å². The van der Waals surface area contributed by atoms with E-state index in [0.717, 1.165) is 23.2 Å². The van der Waals surface area contributed by atoms with E-state index >= 15 is 0 Å². The number of Topliss-reactive ketones (excluding diaryl/α,β-unsaturated/α-hetero) is 1. The van der Waals surface area contributed by atoms with Crippen molar-refractivity contribution >= 4 is 50.4 Å². The summed E-state index contributed by atoms with van der Waals surface area (Å²) in [6, 6.07) is 5.82. The Kier molecular flexibility index (Phi) is 3.63. The molecule has 3 aromatic heterocycles. The zero-order valence-electron chi connectivity index (χ0n) is 11.5. The number of fused-ring (bicyclic) bond motifs is 1. The number of aromatic nitrogens is 2. The van der Waals surface area contributed by atoms with Crippen molar-refractivity contribution in [1.29, 1.82) is 0 Å². The highest BCUT2D eigenvalue weighted by atomic mass is 32.2. The average molecular weight is 348 g/mol. The first-order chi connectivity index (χ1) is 10.7. The summed E-state index contributed by atoms with van der Waals surface area (Å²) < 4.78 is 2.49. The monoisotopic (exact) mass is 348 g/mol. The molecular weight excluding hydrogens is 336 g/mol.